The minimum absolute atomic E-state index is 0.0799. The van der Waals surface area contributed by atoms with Crippen LogP contribution in [0.4, 0.5) is 11.6 Å². The summed E-state index contributed by atoms with van der Waals surface area (Å²) < 4.78 is 15.1. The van der Waals surface area contributed by atoms with E-state index >= 15 is 0 Å². The number of fused-ring (bicyclic) bond motifs is 1. The number of carbonyl (C=O) groups excluding carboxylic acids is 1. The van der Waals surface area contributed by atoms with Crippen LogP contribution >= 0.6 is 27.7 Å². The summed E-state index contributed by atoms with van der Waals surface area (Å²) in [5.41, 5.74) is 6.26. The Morgan fingerprint density at radius 3 is 2.51 bits per heavy atom. The van der Waals surface area contributed by atoms with Gasteiger partial charge in [-0.2, -0.15) is 4.98 Å². The molecule has 0 spiro atoms. The predicted octanol–water partition coefficient (Wildman–Crippen LogP) is 9.44. The van der Waals surface area contributed by atoms with Crippen molar-refractivity contribution in [3.05, 3.63) is 98.7 Å². The number of nitrogens with zero attached hydrogens (tertiary/aromatic N) is 3. The molecule has 1 aromatic heterocycles. The van der Waals surface area contributed by atoms with Crippen molar-refractivity contribution in [1.82, 2.24) is 14.8 Å². The van der Waals surface area contributed by atoms with Crippen molar-refractivity contribution >= 4 is 45.2 Å². The van der Waals surface area contributed by atoms with Crippen LogP contribution in [0.2, 0.25) is 0 Å². The lowest BCUT2D eigenvalue weighted by atomic mass is 9.87. The second kappa shape index (κ2) is 15.0. The minimum Gasteiger partial charge on any atom is -0.490 e. The fraction of sp³-hybridized carbons (Fsp3) is 0.378. The second-order valence-electron chi connectivity index (χ2n) is 12.8. The van der Waals surface area contributed by atoms with Crippen LogP contribution in [0.25, 0.3) is 0 Å². The first-order valence-corrected chi connectivity index (χ1v) is 17.9. The number of thioether (sulfide) groups is 1. The number of carbonyl (C=O) groups is 1. The molecule has 2 N–H and O–H groups in total. The van der Waals surface area contributed by atoms with Gasteiger partial charge in [-0.05, 0) is 95.1 Å². The van der Waals surface area contributed by atoms with Crippen LogP contribution in [0.15, 0.2) is 81.6 Å². The van der Waals surface area contributed by atoms with E-state index < -0.39 is 6.04 Å². The maximum atomic E-state index is 14.1. The van der Waals surface area contributed by atoms with E-state index in [9.17, 15) is 4.79 Å². The summed E-state index contributed by atoms with van der Waals surface area (Å²) >= 11 is 5.40. The average Bonchev–Trinajstić information content (AvgIpc) is 3.42. The highest BCUT2D eigenvalue weighted by atomic mass is 79.9. The molecule has 3 aromatic carbocycles. The zero-order chi connectivity index (χ0) is 33.7. The van der Waals surface area contributed by atoms with Gasteiger partial charge in [0.2, 0.25) is 11.1 Å². The van der Waals surface area contributed by atoms with Crippen LogP contribution in [0.1, 0.15) is 82.7 Å². The summed E-state index contributed by atoms with van der Waals surface area (Å²) in [6.45, 7) is 15.5. The number of benzene rings is 3. The Morgan fingerprint density at radius 2 is 1.83 bits per heavy atom. The van der Waals surface area contributed by atoms with E-state index in [1.54, 1.807) is 16.4 Å². The highest BCUT2D eigenvalue weighted by molar-refractivity contribution is 9.10. The Bertz CT molecular complexity index is 1760. The van der Waals surface area contributed by atoms with Gasteiger partial charge >= 0.3 is 0 Å². The smallest absolute Gasteiger partial charge is 0.255 e. The van der Waals surface area contributed by atoms with E-state index in [4.69, 9.17) is 19.6 Å². The van der Waals surface area contributed by atoms with Crippen molar-refractivity contribution in [1.29, 1.82) is 0 Å². The van der Waals surface area contributed by atoms with Gasteiger partial charge in [0.05, 0.1) is 16.7 Å². The van der Waals surface area contributed by atoms with Gasteiger partial charge in [-0.25, -0.2) is 4.68 Å². The van der Waals surface area contributed by atoms with Crippen LogP contribution in [0.5, 0.6) is 11.5 Å². The van der Waals surface area contributed by atoms with Crippen LogP contribution in [-0.2, 0) is 16.8 Å². The predicted molar refractivity (Wildman–Crippen MR) is 195 cm³/mol. The quantitative estimate of drug-likeness (QED) is 0.111. The molecule has 10 heteroatoms. The molecular weight excluding hydrogens is 674 g/mol. The van der Waals surface area contributed by atoms with Crippen LogP contribution in [0.3, 0.4) is 0 Å². The van der Waals surface area contributed by atoms with Crippen LogP contribution < -0.4 is 20.1 Å². The molecule has 0 saturated carbocycles. The molecule has 2 heterocycles. The lowest BCUT2D eigenvalue weighted by Gasteiger charge is -2.29. The number of amides is 1. The Balaban J connectivity index is 1.52. The van der Waals surface area contributed by atoms with Crippen molar-refractivity contribution in [2.45, 2.75) is 84.5 Å². The zero-order valence-corrected chi connectivity index (χ0v) is 30.6. The van der Waals surface area contributed by atoms with Gasteiger partial charge < -0.3 is 20.1 Å². The summed E-state index contributed by atoms with van der Waals surface area (Å²) in [6.07, 6.45) is 2.16. The van der Waals surface area contributed by atoms with Gasteiger partial charge in [-0.3, -0.25) is 4.79 Å². The van der Waals surface area contributed by atoms with E-state index in [0.717, 1.165) is 45.4 Å². The molecule has 1 aliphatic heterocycles. The number of anilines is 2. The first kappa shape index (κ1) is 34.6. The van der Waals surface area contributed by atoms with Crippen molar-refractivity contribution in [3.8, 4) is 11.5 Å². The third-order valence-corrected chi connectivity index (χ3v) is 9.45. The highest BCUT2D eigenvalue weighted by Crippen LogP contribution is 2.44. The summed E-state index contributed by atoms with van der Waals surface area (Å²) in [5, 5.41) is 12.0. The van der Waals surface area contributed by atoms with E-state index in [1.807, 2.05) is 57.2 Å². The Labute approximate surface area is 290 Å². The average molecular weight is 719 g/mol. The molecule has 1 unspecified atom stereocenters. The summed E-state index contributed by atoms with van der Waals surface area (Å²) in [4.78, 5) is 18.9. The molecule has 4 aromatic rings. The Morgan fingerprint density at radius 1 is 1.06 bits per heavy atom. The molecule has 0 radical (unpaired) electrons. The summed E-state index contributed by atoms with van der Waals surface area (Å²) in [7, 11) is 0. The molecule has 5 rings (SSSR count). The first-order valence-electron chi connectivity index (χ1n) is 16.1. The van der Waals surface area contributed by atoms with Crippen molar-refractivity contribution in [2.24, 2.45) is 0 Å². The maximum Gasteiger partial charge on any atom is 0.255 e. The Hall–Kier alpha value is -3.76. The van der Waals surface area contributed by atoms with Gasteiger partial charge in [0.1, 0.15) is 12.6 Å². The third kappa shape index (κ3) is 8.22. The van der Waals surface area contributed by atoms with Crippen molar-refractivity contribution in [3.63, 3.8) is 0 Å². The van der Waals surface area contributed by atoms with Crippen molar-refractivity contribution in [2.75, 3.05) is 23.0 Å². The fourth-order valence-corrected chi connectivity index (χ4v) is 6.92. The fourth-order valence-electron chi connectivity index (χ4n) is 5.43. The van der Waals surface area contributed by atoms with Crippen molar-refractivity contribution < 1.29 is 14.3 Å². The number of ether oxygens (including phenoxy) is 2. The van der Waals surface area contributed by atoms with Gasteiger partial charge in [0.25, 0.3) is 5.91 Å². The molecule has 0 fully saturated rings. The second-order valence-corrected chi connectivity index (χ2v) is 14.7. The number of hydrogen-bond donors (Lipinski definition) is 2. The number of unbranched alkanes of at least 4 members (excludes halogenated alkanes) is 1. The Kier molecular flexibility index (Phi) is 11.0. The van der Waals surface area contributed by atoms with Gasteiger partial charge in [0.15, 0.2) is 11.5 Å². The molecule has 0 saturated heterocycles. The largest absolute Gasteiger partial charge is 0.490 e. The standard InChI is InChI=1S/C37H44BrN5O3S/c1-8-10-18-47-36-41-35-39-24(4)31(34(44)40-28-13-11-12-23(3)19-28)32(43(35)42-36)26-20-29(38)33(30(21-26)45-9-2)46-22-25-14-16-27(17-15-25)37(5,6)7/h11-17,19-21,32H,8-10,18,22H2,1-7H3,(H,40,44)(H,39,41,42). The van der Waals surface area contributed by atoms with Crippen LogP contribution in [-0.4, -0.2) is 33.0 Å². The number of rotatable bonds is 12. The molecule has 248 valence electrons. The number of hydrogen-bond acceptors (Lipinski definition) is 7. The van der Waals surface area contributed by atoms with E-state index in [1.165, 1.54) is 5.56 Å². The van der Waals surface area contributed by atoms with Gasteiger partial charge in [-0.15, -0.1) is 5.10 Å². The van der Waals surface area contributed by atoms with Crippen LogP contribution in [0, 0.1) is 6.92 Å². The first-order chi connectivity index (χ1) is 22.5. The molecule has 47 heavy (non-hydrogen) atoms. The molecule has 8 nitrogen and oxygen atoms in total. The lowest BCUT2D eigenvalue weighted by Crippen LogP contribution is -2.31. The number of aryl methyl sites for hydroxylation is 1. The molecule has 1 atom stereocenters. The monoisotopic (exact) mass is 717 g/mol. The van der Waals surface area contributed by atoms with E-state index in [2.05, 4.69) is 78.5 Å². The highest BCUT2D eigenvalue weighted by Gasteiger charge is 2.35. The number of nitrogens with one attached hydrogen (secondary N) is 2. The molecule has 0 aliphatic carbocycles. The minimum atomic E-state index is -0.571. The SMILES string of the molecule is CCCCSc1nc2n(n1)C(c1cc(Br)c(OCc3ccc(C(C)(C)C)cc3)c(OCC)c1)C(C(=O)Nc1cccc(C)c1)=C(C)N2. The van der Waals surface area contributed by atoms with E-state index in [-0.39, 0.29) is 11.3 Å². The molecule has 1 aliphatic rings. The number of halogens is 1. The third-order valence-electron chi connectivity index (χ3n) is 7.93. The number of allylic oxidation sites excluding steroid dienone is 1. The van der Waals surface area contributed by atoms with Gasteiger partial charge in [-0.1, -0.05) is 82.3 Å². The summed E-state index contributed by atoms with van der Waals surface area (Å²) in [6, 6.07) is 19.7. The summed E-state index contributed by atoms with van der Waals surface area (Å²) in [5.74, 6) is 2.47. The number of aromatic nitrogens is 3. The van der Waals surface area contributed by atoms with E-state index in [0.29, 0.717) is 47.1 Å². The zero-order valence-electron chi connectivity index (χ0n) is 28.2. The maximum absolute atomic E-state index is 14.1. The lowest BCUT2D eigenvalue weighted by molar-refractivity contribution is -0.113. The molecule has 0 bridgehead atoms. The normalized spacial score (nSPS) is 14.4. The molecular formula is C37H44BrN5O3S. The molecule has 1 amide bonds. The van der Waals surface area contributed by atoms with Gasteiger partial charge in [0, 0.05) is 17.1 Å². The topological polar surface area (TPSA) is 90.3 Å².